The molecule has 10 heteroatoms. The zero-order valence-corrected chi connectivity index (χ0v) is 13.8. The van der Waals surface area contributed by atoms with Gasteiger partial charge >= 0.3 is 6.18 Å². The molecular formula is C17H15F4N5O. The number of hydrogen-bond donors (Lipinski definition) is 3. The molecule has 1 unspecified atom stereocenters. The summed E-state index contributed by atoms with van der Waals surface area (Å²) >= 11 is 0. The number of rotatable bonds is 4. The van der Waals surface area contributed by atoms with Gasteiger partial charge in [0.05, 0.1) is 12.2 Å². The Hall–Kier alpha value is -3.04. The number of nitrogens with one attached hydrogen (secondary N) is 2. The van der Waals surface area contributed by atoms with Crippen molar-refractivity contribution in [2.45, 2.75) is 31.1 Å². The highest BCUT2D eigenvalue weighted by molar-refractivity contribution is 5.99. The fraction of sp³-hybridized carbons (Fsp3) is 0.294. The quantitative estimate of drug-likeness (QED) is 0.605. The van der Waals surface area contributed by atoms with E-state index < -0.39 is 29.5 Å². The molecule has 4 N–H and O–H groups in total. The van der Waals surface area contributed by atoms with E-state index in [9.17, 15) is 22.4 Å². The molecule has 27 heavy (non-hydrogen) atoms. The van der Waals surface area contributed by atoms with Gasteiger partial charge in [-0.25, -0.2) is 9.07 Å². The van der Waals surface area contributed by atoms with Crippen LogP contribution in [-0.2, 0) is 0 Å². The number of aromatic amines is 1. The Balaban J connectivity index is 1.70. The van der Waals surface area contributed by atoms with Gasteiger partial charge in [0.1, 0.15) is 17.2 Å². The molecule has 1 atom stereocenters. The smallest absolute Gasteiger partial charge is 0.383 e. The number of aromatic nitrogens is 3. The van der Waals surface area contributed by atoms with E-state index >= 15 is 0 Å². The third kappa shape index (κ3) is 3.00. The number of halogens is 4. The monoisotopic (exact) mass is 381 g/mol. The largest absolute Gasteiger partial charge is 0.412 e. The molecule has 1 saturated carbocycles. The summed E-state index contributed by atoms with van der Waals surface area (Å²) < 4.78 is 56.5. The molecule has 1 aliphatic rings. The Morgan fingerprint density at radius 1 is 1.37 bits per heavy atom. The maximum atomic E-state index is 14.1. The number of amides is 1. The lowest BCUT2D eigenvalue weighted by Gasteiger charge is -2.21. The number of nitrogens with two attached hydrogens (primary N) is 1. The van der Waals surface area contributed by atoms with Gasteiger partial charge < -0.3 is 16.0 Å². The van der Waals surface area contributed by atoms with Crippen LogP contribution in [0.2, 0.25) is 0 Å². The summed E-state index contributed by atoms with van der Waals surface area (Å²) in [5.74, 6) is -1.82. The van der Waals surface area contributed by atoms with Gasteiger partial charge in [-0.3, -0.25) is 4.79 Å². The first-order valence-corrected chi connectivity index (χ1v) is 8.23. The second-order valence-corrected chi connectivity index (χ2v) is 6.47. The lowest BCUT2D eigenvalue weighted by Crippen LogP contribution is -2.38. The third-order valence-corrected chi connectivity index (χ3v) is 4.57. The van der Waals surface area contributed by atoms with Crippen LogP contribution in [0.5, 0.6) is 0 Å². The van der Waals surface area contributed by atoms with E-state index in [0.29, 0.717) is 0 Å². The van der Waals surface area contributed by atoms with E-state index in [2.05, 4.69) is 10.1 Å². The van der Waals surface area contributed by atoms with Gasteiger partial charge in [-0.1, -0.05) is 6.07 Å². The topological polar surface area (TPSA) is 88.7 Å². The van der Waals surface area contributed by atoms with Gasteiger partial charge in [-0.05, 0) is 25.0 Å². The second-order valence-electron chi connectivity index (χ2n) is 6.47. The van der Waals surface area contributed by atoms with Crippen molar-refractivity contribution in [3.05, 3.63) is 47.5 Å². The van der Waals surface area contributed by atoms with E-state index in [-0.39, 0.29) is 28.3 Å². The molecule has 0 radical (unpaired) electrons. The predicted octanol–water partition coefficient (Wildman–Crippen LogP) is 3.45. The van der Waals surface area contributed by atoms with Crippen molar-refractivity contribution in [3.8, 4) is 0 Å². The Bertz CT molecular complexity index is 1020. The van der Waals surface area contributed by atoms with Crippen LogP contribution in [0.3, 0.4) is 0 Å². The van der Waals surface area contributed by atoms with Crippen LogP contribution in [0.15, 0.2) is 30.6 Å². The highest BCUT2D eigenvalue weighted by Crippen LogP contribution is 2.39. The zero-order chi connectivity index (χ0) is 19.3. The zero-order valence-electron chi connectivity index (χ0n) is 13.8. The number of fused-ring (bicyclic) bond motifs is 1. The summed E-state index contributed by atoms with van der Waals surface area (Å²) in [6, 6.07) is 1.57. The van der Waals surface area contributed by atoms with Gasteiger partial charge in [0, 0.05) is 22.7 Å². The summed E-state index contributed by atoms with van der Waals surface area (Å²) in [6.45, 7) is 0. The molecule has 4 rings (SSSR count). The first kappa shape index (κ1) is 17.4. The number of hydrogen-bond acceptors (Lipinski definition) is 3. The minimum absolute atomic E-state index is 0.0148. The summed E-state index contributed by atoms with van der Waals surface area (Å²) in [4.78, 5) is 15.0. The molecule has 2 aromatic heterocycles. The van der Waals surface area contributed by atoms with Gasteiger partial charge in [-0.15, -0.1) is 0 Å². The highest BCUT2D eigenvalue weighted by atomic mass is 19.4. The molecule has 0 bridgehead atoms. The maximum Gasteiger partial charge on any atom is 0.412 e. The van der Waals surface area contributed by atoms with Crippen molar-refractivity contribution >= 4 is 22.6 Å². The van der Waals surface area contributed by atoms with Crippen molar-refractivity contribution in [1.29, 1.82) is 0 Å². The van der Waals surface area contributed by atoms with Gasteiger partial charge in [0.2, 0.25) is 0 Å². The number of nitrogens with zero attached hydrogens (tertiary/aromatic N) is 2. The molecule has 1 fully saturated rings. The number of H-pyrrole nitrogens is 1. The molecular weight excluding hydrogens is 366 g/mol. The Labute approximate surface area is 150 Å². The summed E-state index contributed by atoms with van der Waals surface area (Å²) in [7, 11) is 0. The Morgan fingerprint density at radius 2 is 2.11 bits per heavy atom. The number of nitrogen functional groups attached to an aromatic ring is 1. The van der Waals surface area contributed by atoms with Crippen LogP contribution in [0, 0.1) is 5.82 Å². The molecule has 1 aliphatic carbocycles. The predicted molar refractivity (Wildman–Crippen MR) is 89.4 cm³/mol. The van der Waals surface area contributed by atoms with Crippen LogP contribution < -0.4 is 11.1 Å². The normalized spacial score (nSPS) is 15.9. The van der Waals surface area contributed by atoms with Crippen molar-refractivity contribution in [3.63, 3.8) is 0 Å². The SMILES string of the molecule is Nc1c(C(=O)NC(c2c[nH]c3cccc(F)c23)C(F)(F)F)cnn1C1CC1. The standard InChI is InChI=1S/C17H15F4N5O/c18-11-2-1-3-12-13(11)9(6-23-12)14(17(19,20)21)25-16(27)10-7-24-26(15(10)22)8-4-5-8/h1-3,6-8,14,23H,4-5,22H2,(H,25,27). The van der Waals surface area contributed by atoms with Gasteiger partial charge in [0.25, 0.3) is 5.91 Å². The van der Waals surface area contributed by atoms with Crippen LogP contribution in [-0.4, -0.2) is 26.8 Å². The maximum absolute atomic E-state index is 14.1. The Kier molecular flexibility index (Phi) is 3.86. The molecule has 1 aromatic carbocycles. The average molecular weight is 381 g/mol. The molecule has 0 aliphatic heterocycles. The van der Waals surface area contributed by atoms with E-state index in [1.54, 1.807) is 0 Å². The van der Waals surface area contributed by atoms with Crippen LogP contribution >= 0.6 is 0 Å². The summed E-state index contributed by atoms with van der Waals surface area (Å²) in [5.41, 5.74) is 5.51. The molecule has 142 valence electrons. The molecule has 2 heterocycles. The fourth-order valence-corrected chi connectivity index (χ4v) is 3.09. The third-order valence-electron chi connectivity index (χ3n) is 4.57. The highest BCUT2D eigenvalue weighted by Gasteiger charge is 2.44. The van der Waals surface area contributed by atoms with Gasteiger partial charge in [-0.2, -0.15) is 18.3 Å². The van der Waals surface area contributed by atoms with E-state index in [1.165, 1.54) is 16.8 Å². The molecule has 0 saturated heterocycles. The first-order valence-electron chi connectivity index (χ1n) is 8.23. The minimum atomic E-state index is -4.84. The van der Waals surface area contributed by atoms with Gasteiger partial charge in [0.15, 0.2) is 6.04 Å². The van der Waals surface area contributed by atoms with E-state index in [4.69, 9.17) is 5.73 Å². The lowest BCUT2D eigenvalue weighted by atomic mass is 10.0. The number of alkyl halides is 3. The molecule has 1 amide bonds. The van der Waals surface area contributed by atoms with Crippen LogP contribution in [0.25, 0.3) is 10.9 Å². The van der Waals surface area contributed by atoms with E-state index in [1.807, 2.05) is 5.32 Å². The number of benzene rings is 1. The van der Waals surface area contributed by atoms with Crippen molar-refractivity contribution < 1.29 is 22.4 Å². The van der Waals surface area contributed by atoms with E-state index in [0.717, 1.165) is 31.3 Å². The lowest BCUT2D eigenvalue weighted by molar-refractivity contribution is -0.155. The number of carbonyl (C=O) groups is 1. The summed E-state index contributed by atoms with van der Waals surface area (Å²) in [5, 5.41) is 5.68. The second kappa shape index (κ2) is 6.00. The summed E-state index contributed by atoms with van der Waals surface area (Å²) in [6.07, 6.45) is -0.941. The van der Waals surface area contributed by atoms with Crippen LogP contribution in [0.1, 0.15) is 40.8 Å². The Morgan fingerprint density at radius 3 is 2.78 bits per heavy atom. The van der Waals surface area contributed by atoms with Crippen molar-refractivity contribution in [1.82, 2.24) is 20.1 Å². The number of carbonyl (C=O) groups excluding carboxylic acids is 1. The molecule has 3 aromatic rings. The van der Waals surface area contributed by atoms with Crippen molar-refractivity contribution in [2.24, 2.45) is 0 Å². The first-order chi connectivity index (χ1) is 12.8. The average Bonchev–Trinajstić information content (AvgIpc) is 3.22. The fourth-order valence-electron chi connectivity index (χ4n) is 3.09. The van der Waals surface area contributed by atoms with Crippen molar-refractivity contribution in [2.75, 3.05) is 5.73 Å². The number of anilines is 1. The molecule has 6 nitrogen and oxygen atoms in total. The minimum Gasteiger partial charge on any atom is -0.383 e. The van der Waals surface area contributed by atoms with Crippen LogP contribution in [0.4, 0.5) is 23.4 Å². The molecule has 0 spiro atoms.